The van der Waals surface area contributed by atoms with Gasteiger partial charge in [0.05, 0.1) is 36.0 Å². The molecule has 1 aliphatic heterocycles. The molecule has 2 aromatic carbocycles. The molecule has 0 bridgehead atoms. The van der Waals surface area contributed by atoms with Crippen LogP contribution in [-0.2, 0) is 14.3 Å². The predicted molar refractivity (Wildman–Crippen MR) is 125 cm³/mol. The number of nitrogens with one attached hydrogen (secondary N) is 1. The molecule has 1 aliphatic rings. The lowest BCUT2D eigenvalue weighted by atomic mass is 9.94. The zero-order valence-corrected chi connectivity index (χ0v) is 18.7. The minimum absolute atomic E-state index is 0.00595. The molecule has 0 saturated carbocycles. The second kappa shape index (κ2) is 11.5. The number of benzene rings is 2. The molecular formula is C25H31N3O4. The average Bonchev–Trinajstić information content (AvgIpc) is 2.81. The lowest BCUT2D eigenvalue weighted by Gasteiger charge is -2.37. The third-order valence-corrected chi connectivity index (χ3v) is 5.83. The number of rotatable bonds is 10. The van der Waals surface area contributed by atoms with E-state index < -0.39 is 5.97 Å². The maximum absolute atomic E-state index is 11.4. The average molecular weight is 438 g/mol. The van der Waals surface area contributed by atoms with E-state index in [0.717, 1.165) is 55.2 Å². The van der Waals surface area contributed by atoms with Gasteiger partial charge in [-0.1, -0.05) is 12.1 Å². The minimum Gasteiger partial charge on any atom is -0.481 e. The number of nitrogens with zero attached hydrogens (tertiary/aromatic N) is 2. The molecule has 0 aromatic heterocycles. The van der Waals surface area contributed by atoms with Crippen LogP contribution in [-0.4, -0.2) is 50.6 Å². The van der Waals surface area contributed by atoms with Crippen LogP contribution in [0, 0.1) is 11.3 Å². The first-order valence-corrected chi connectivity index (χ1v) is 11.0. The lowest BCUT2D eigenvalue weighted by Crippen LogP contribution is -2.39. The summed E-state index contributed by atoms with van der Waals surface area (Å²) in [6.45, 7) is 4.81. The highest BCUT2D eigenvalue weighted by Crippen LogP contribution is 2.36. The van der Waals surface area contributed by atoms with E-state index in [1.807, 2.05) is 30.3 Å². The molecule has 0 radical (unpaired) electrons. The second-order valence-corrected chi connectivity index (χ2v) is 7.97. The minimum atomic E-state index is -0.857. The van der Waals surface area contributed by atoms with E-state index in [1.165, 1.54) is 0 Å². The Bertz CT molecular complexity index is 950. The zero-order chi connectivity index (χ0) is 22.9. The van der Waals surface area contributed by atoms with E-state index in [0.29, 0.717) is 18.2 Å². The van der Waals surface area contributed by atoms with Gasteiger partial charge >= 0.3 is 5.97 Å². The van der Waals surface area contributed by atoms with Gasteiger partial charge in [0, 0.05) is 44.5 Å². The van der Waals surface area contributed by atoms with Gasteiger partial charge in [-0.15, -0.1) is 0 Å². The van der Waals surface area contributed by atoms with Gasteiger partial charge in [0.2, 0.25) is 0 Å². The van der Waals surface area contributed by atoms with Crippen LogP contribution in [0.3, 0.4) is 0 Å². The molecule has 1 fully saturated rings. The number of methoxy groups -OCH3 is 1. The van der Waals surface area contributed by atoms with Crippen molar-refractivity contribution in [3.63, 3.8) is 0 Å². The molecule has 0 aliphatic carbocycles. The van der Waals surface area contributed by atoms with Gasteiger partial charge in [-0.05, 0) is 55.7 Å². The maximum Gasteiger partial charge on any atom is 0.304 e. The molecule has 170 valence electrons. The number of anilines is 3. The lowest BCUT2D eigenvalue weighted by molar-refractivity contribution is -0.137. The summed E-state index contributed by atoms with van der Waals surface area (Å²) >= 11 is 0. The van der Waals surface area contributed by atoms with Crippen molar-refractivity contribution in [1.82, 2.24) is 0 Å². The molecule has 1 heterocycles. The summed E-state index contributed by atoms with van der Waals surface area (Å²) in [5.74, 6) is -1.11. The molecule has 2 N–H and O–H groups in total. The van der Waals surface area contributed by atoms with Gasteiger partial charge in [-0.3, -0.25) is 4.79 Å². The molecule has 0 amide bonds. The van der Waals surface area contributed by atoms with Crippen LogP contribution >= 0.6 is 0 Å². The van der Waals surface area contributed by atoms with Crippen LogP contribution in [0.25, 0.3) is 0 Å². The number of carboxylic acids is 1. The van der Waals surface area contributed by atoms with E-state index in [2.05, 4.69) is 29.3 Å². The number of hydrogen-bond acceptors (Lipinski definition) is 6. The quantitative estimate of drug-likeness (QED) is 0.565. The van der Waals surface area contributed by atoms with Gasteiger partial charge in [-0.2, -0.15) is 5.26 Å². The van der Waals surface area contributed by atoms with Gasteiger partial charge in [0.25, 0.3) is 0 Å². The Balaban J connectivity index is 2.02. The van der Waals surface area contributed by atoms with Crippen molar-refractivity contribution in [3.8, 4) is 6.07 Å². The molecule has 0 unspecified atom stereocenters. The fourth-order valence-electron chi connectivity index (χ4n) is 4.29. The highest BCUT2D eigenvalue weighted by atomic mass is 16.5. The highest BCUT2D eigenvalue weighted by Gasteiger charge is 2.24. The van der Waals surface area contributed by atoms with Crippen molar-refractivity contribution >= 4 is 23.0 Å². The van der Waals surface area contributed by atoms with Crippen molar-refractivity contribution in [2.24, 2.45) is 0 Å². The van der Waals surface area contributed by atoms with Gasteiger partial charge in [-0.25, -0.2) is 0 Å². The van der Waals surface area contributed by atoms with Crippen LogP contribution < -0.4 is 10.2 Å². The molecule has 3 rings (SSSR count). The maximum atomic E-state index is 11.4. The Labute approximate surface area is 189 Å². The SMILES string of the molecule is CCN(c1ccc([C@@H](COC)CC(=O)O)cc1Nc1cccc(C#N)c1)C1CCOCC1. The molecule has 1 atom stereocenters. The summed E-state index contributed by atoms with van der Waals surface area (Å²) in [5.41, 5.74) is 4.23. The first-order valence-electron chi connectivity index (χ1n) is 11.0. The molecular weight excluding hydrogens is 406 g/mol. The zero-order valence-electron chi connectivity index (χ0n) is 18.7. The standard InChI is InChI=1S/C25H31N3O4/c1-3-28(22-9-11-32-12-10-22)24-8-7-19(20(17-31-2)15-25(29)30)14-23(24)27-21-6-4-5-18(13-21)16-26/h4-8,13-14,20,22,27H,3,9-12,15,17H2,1-2H3,(H,29,30)/t20-/m1/s1. The molecule has 0 spiro atoms. The molecule has 7 nitrogen and oxygen atoms in total. The van der Waals surface area contributed by atoms with E-state index >= 15 is 0 Å². The van der Waals surface area contributed by atoms with E-state index in [4.69, 9.17) is 9.47 Å². The summed E-state index contributed by atoms with van der Waals surface area (Å²) < 4.78 is 10.9. The van der Waals surface area contributed by atoms with E-state index in [1.54, 1.807) is 13.2 Å². The van der Waals surface area contributed by atoms with Crippen LogP contribution in [0.1, 0.15) is 43.2 Å². The third-order valence-electron chi connectivity index (χ3n) is 5.83. The highest BCUT2D eigenvalue weighted by molar-refractivity contribution is 5.77. The monoisotopic (exact) mass is 437 g/mol. The predicted octanol–water partition coefficient (Wildman–Crippen LogP) is 4.51. The van der Waals surface area contributed by atoms with Crippen molar-refractivity contribution in [2.75, 3.05) is 43.7 Å². The fourth-order valence-corrected chi connectivity index (χ4v) is 4.29. The van der Waals surface area contributed by atoms with Gasteiger partial charge in [0.15, 0.2) is 0 Å². The number of ether oxygens (including phenoxy) is 2. The van der Waals surface area contributed by atoms with Gasteiger partial charge < -0.3 is 24.8 Å². The summed E-state index contributed by atoms with van der Waals surface area (Å²) in [6.07, 6.45) is 1.92. The number of carboxylic acid groups (broad SMARTS) is 1. The summed E-state index contributed by atoms with van der Waals surface area (Å²) in [6, 6.07) is 16.0. The first kappa shape index (κ1) is 23.6. The van der Waals surface area contributed by atoms with Crippen LogP contribution in [0.15, 0.2) is 42.5 Å². The molecule has 1 saturated heterocycles. The molecule has 32 heavy (non-hydrogen) atoms. The number of carbonyl (C=O) groups is 1. The molecule has 7 heteroatoms. The van der Waals surface area contributed by atoms with E-state index in [9.17, 15) is 15.2 Å². The molecule has 2 aromatic rings. The van der Waals surface area contributed by atoms with Crippen molar-refractivity contribution in [3.05, 3.63) is 53.6 Å². The number of nitriles is 1. The van der Waals surface area contributed by atoms with E-state index in [-0.39, 0.29) is 12.3 Å². The second-order valence-electron chi connectivity index (χ2n) is 7.97. The topological polar surface area (TPSA) is 94.8 Å². The Morgan fingerprint density at radius 1 is 1.31 bits per heavy atom. The summed E-state index contributed by atoms with van der Waals surface area (Å²) in [4.78, 5) is 13.8. The Kier molecular flexibility index (Phi) is 8.48. The number of aliphatic carboxylic acids is 1. The van der Waals surface area contributed by atoms with Gasteiger partial charge in [0.1, 0.15) is 0 Å². The van der Waals surface area contributed by atoms with Crippen molar-refractivity contribution in [2.45, 2.75) is 38.1 Å². The van der Waals surface area contributed by atoms with Crippen molar-refractivity contribution in [1.29, 1.82) is 5.26 Å². The summed E-state index contributed by atoms with van der Waals surface area (Å²) in [5, 5.41) is 22.1. The van der Waals surface area contributed by atoms with Crippen molar-refractivity contribution < 1.29 is 19.4 Å². The Morgan fingerprint density at radius 3 is 2.75 bits per heavy atom. The normalized spacial score (nSPS) is 15.0. The number of hydrogen-bond donors (Lipinski definition) is 2. The smallest absolute Gasteiger partial charge is 0.304 e. The Hall–Kier alpha value is -3.08. The summed E-state index contributed by atoms with van der Waals surface area (Å²) in [7, 11) is 1.58. The van der Waals surface area contributed by atoms with Crippen LogP contribution in [0.5, 0.6) is 0 Å². The largest absolute Gasteiger partial charge is 0.481 e. The van der Waals surface area contributed by atoms with Crippen LogP contribution in [0.2, 0.25) is 0 Å². The fraction of sp³-hybridized carbons (Fsp3) is 0.440. The third kappa shape index (κ3) is 6.00. The Morgan fingerprint density at radius 2 is 2.09 bits per heavy atom. The van der Waals surface area contributed by atoms with Crippen LogP contribution in [0.4, 0.5) is 17.1 Å². The first-order chi connectivity index (χ1) is 15.5.